The molecule has 0 aliphatic carbocycles. The first-order valence-corrected chi connectivity index (χ1v) is 12.4. The van der Waals surface area contributed by atoms with Crippen molar-refractivity contribution in [3.05, 3.63) is 109 Å². The van der Waals surface area contributed by atoms with Gasteiger partial charge in [-0.1, -0.05) is 23.2 Å². The summed E-state index contributed by atoms with van der Waals surface area (Å²) in [5.74, 6) is 2.30. The minimum absolute atomic E-state index is 0.0849. The number of nitro groups is 2. The first kappa shape index (κ1) is 31.5. The Labute approximate surface area is 249 Å². The van der Waals surface area contributed by atoms with E-state index in [2.05, 4.69) is 0 Å². The normalized spacial score (nSPS) is 10.0. The molecule has 0 aliphatic rings. The lowest BCUT2D eigenvalue weighted by molar-refractivity contribution is -0.385. The van der Waals surface area contributed by atoms with Gasteiger partial charge in [0.2, 0.25) is 0 Å². The Morgan fingerprint density at radius 1 is 0.595 bits per heavy atom. The molecule has 0 N–H and O–H groups in total. The molecule has 14 heteroatoms. The number of hydrogen-bond donors (Lipinski definition) is 0. The maximum Gasteiger partial charge on any atom is 0.273 e. The number of hydrogen-bond acceptors (Lipinski definition) is 10. The molecule has 0 atom stereocenters. The lowest BCUT2D eigenvalue weighted by atomic mass is 10.2. The summed E-state index contributed by atoms with van der Waals surface area (Å²) in [6.07, 6.45) is 0.669. The van der Waals surface area contributed by atoms with Crippen LogP contribution in [-0.4, -0.2) is 37.5 Å². The van der Waals surface area contributed by atoms with Crippen LogP contribution in [0.2, 0.25) is 10.0 Å². The highest BCUT2D eigenvalue weighted by Crippen LogP contribution is 2.37. The number of halogens is 2. The molecule has 0 spiro atoms. The van der Waals surface area contributed by atoms with E-state index in [1.165, 1.54) is 63.8 Å². The largest absolute Gasteiger partial charge is 0.497 e. The summed E-state index contributed by atoms with van der Waals surface area (Å²) < 4.78 is 26.5. The number of benzene rings is 4. The maximum atomic E-state index is 10.9. The van der Waals surface area contributed by atoms with Crippen LogP contribution in [0.4, 0.5) is 11.4 Å². The van der Waals surface area contributed by atoms with Gasteiger partial charge in [0.1, 0.15) is 23.5 Å². The Balaban J connectivity index is 0.000000231. The summed E-state index contributed by atoms with van der Waals surface area (Å²) in [5.41, 5.74) is 0.192. The minimum Gasteiger partial charge on any atom is -0.497 e. The van der Waals surface area contributed by atoms with Crippen LogP contribution in [0.3, 0.4) is 0 Å². The van der Waals surface area contributed by atoms with Crippen LogP contribution in [-0.2, 0) is 0 Å². The number of carbonyl (C=O) groups excluding carboxylic acids is 1. The van der Waals surface area contributed by atoms with Crippen molar-refractivity contribution in [3.63, 3.8) is 0 Å². The molecule has 0 aromatic heterocycles. The highest BCUT2D eigenvalue weighted by Gasteiger charge is 2.15. The molecule has 12 nitrogen and oxygen atoms in total. The van der Waals surface area contributed by atoms with E-state index in [0.29, 0.717) is 50.6 Å². The van der Waals surface area contributed by atoms with Gasteiger partial charge in [0.05, 0.1) is 43.3 Å². The fourth-order valence-corrected chi connectivity index (χ4v) is 3.89. The number of aldehydes is 1. The van der Waals surface area contributed by atoms with Crippen LogP contribution in [0.1, 0.15) is 10.4 Å². The van der Waals surface area contributed by atoms with Gasteiger partial charge in [-0.25, -0.2) is 0 Å². The molecular formula is C28H22Cl2N2O10. The summed E-state index contributed by atoms with van der Waals surface area (Å²) in [6, 6.07) is 17.5. The maximum absolute atomic E-state index is 10.9. The zero-order valence-corrected chi connectivity index (χ0v) is 23.8. The lowest BCUT2D eigenvalue weighted by Gasteiger charge is -2.11. The molecule has 218 valence electrons. The van der Waals surface area contributed by atoms with Crippen LogP contribution in [0.15, 0.2) is 72.8 Å². The van der Waals surface area contributed by atoms with Crippen LogP contribution >= 0.6 is 23.2 Å². The monoisotopic (exact) mass is 616 g/mol. The van der Waals surface area contributed by atoms with Gasteiger partial charge in [-0.15, -0.1) is 0 Å². The van der Waals surface area contributed by atoms with E-state index in [9.17, 15) is 25.0 Å². The van der Waals surface area contributed by atoms with Crippen LogP contribution < -0.4 is 23.7 Å². The zero-order valence-electron chi connectivity index (χ0n) is 22.2. The second-order valence-corrected chi connectivity index (χ2v) is 8.93. The van der Waals surface area contributed by atoms with Crippen molar-refractivity contribution in [1.82, 2.24) is 0 Å². The molecule has 0 heterocycles. The molecule has 0 unspecified atom stereocenters. The predicted molar refractivity (Wildman–Crippen MR) is 154 cm³/mol. The van der Waals surface area contributed by atoms with E-state index in [-0.39, 0.29) is 22.9 Å². The van der Waals surface area contributed by atoms with E-state index in [1.807, 2.05) is 0 Å². The number of nitrogens with zero attached hydrogens (tertiary/aromatic N) is 2. The summed E-state index contributed by atoms with van der Waals surface area (Å²) in [6.45, 7) is 0. The molecule has 0 saturated heterocycles. The highest BCUT2D eigenvalue weighted by atomic mass is 35.5. The van der Waals surface area contributed by atoms with Crippen molar-refractivity contribution in [2.24, 2.45) is 0 Å². The Bertz CT molecular complexity index is 1590. The zero-order chi connectivity index (χ0) is 30.8. The predicted octanol–water partition coefficient (Wildman–Crippen LogP) is 7.92. The molecule has 0 bridgehead atoms. The third-order valence-corrected chi connectivity index (χ3v) is 5.72. The fraction of sp³-hybridized carbons (Fsp3) is 0.107. The summed E-state index contributed by atoms with van der Waals surface area (Å²) in [4.78, 5) is 31.3. The van der Waals surface area contributed by atoms with Gasteiger partial charge in [-0.05, 0) is 42.5 Å². The quantitative estimate of drug-likeness (QED) is 0.0975. The van der Waals surface area contributed by atoms with Gasteiger partial charge in [0.15, 0.2) is 23.0 Å². The molecule has 4 aromatic carbocycles. The second-order valence-electron chi connectivity index (χ2n) is 8.05. The molecule has 0 saturated carbocycles. The third kappa shape index (κ3) is 8.46. The van der Waals surface area contributed by atoms with Crippen molar-refractivity contribution in [2.75, 3.05) is 21.3 Å². The topological polar surface area (TPSA) is 150 Å². The third-order valence-electron chi connectivity index (χ3n) is 5.28. The Kier molecular flexibility index (Phi) is 10.9. The molecule has 0 aliphatic heterocycles. The first-order chi connectivity index (χ1) is 20.1. The smallest absolute Gasteiger partial charge is 0.273 e. The Morgan fingerprint density at radius 3 is 1.45 bits per heavy atom. The van der Waals surface area contributed by atoms with E-state index >= 15 is 0 Å². The highest BCUT2D eigenvalue weighted by molar-refractivity contribution is 6.34. The number of carbonyl (C=O) groups is 1. The van der Waals surface area contributed by atoms with E-state index in [0.717, 1.165) is 0 Å². The molecule has 4 aromatic rings. The van der Waals surface area contributed by atoms with Crippen LogP contribution in [0.5, 0.6) is 40.2 Å². The van der Waals surface area contributed by atoms with Crippen molar-refractivity contribution in [1.29, 1.82) is 0 Å². The van der Waals surface area contributed by atoms with E-state index in [1.54, 1.807) is 30.3 Å². The van der Waals surface area contributed by atoms with Gasteiger partial charge < -0.3 is 23.7 Å². The lowest BCUT2D eigenvalue weighted by Crippen LogP contribution is -1.95. The van der Waals surface area contributed by atoms with Crippen LogP contribution in [0, 0.1) is 20.2 Å². The number of non-ortho nitro benzene ring substituents is 2. The first-order valence-electron chi connectivity index (χ1n) is 11.7. The molecule has 4 rings (SSSR count). The summed E-state index contributed by atoms with van der Waals surface area (Å²) in [5, 5.41) is 22.3. The van der Waals surface area contributed by atoms with E-state index in [4.69, 9.17) is 46.9 Å². The van der Waals surface area contributed by atoms with Gasteiger partial charge in [0, 0.05) is 33.8 Å². The van der Waals surface area contributed by atoms with Crippen molar-refractivity contribution >= 4 is 40.9 Å². The number of nitro benzene ring substituents is 2. The molecular weight excluding hydrogens is 595 g/mol. The SMILES string of the molecule is COc1cc(C=O)cc(Oc2ccc([N+](=O)[O-])cc2OC)c1.COc1cc([N+](=O)[O-])ccc1Oc1cc(Cl)cc(Cl)c1. The van der Waals surface area contributed by atoms with E-state index < -0.39 is 9.85 Å². The molecule has 0 radical (unpaired) electrons. The number of ether oxygens (including phenoxy) is 5. The van der Waals surface area contributed by atoms with Gasteiger partial charge in [-0.2, -0.15) is 0 Å². The molecule has 42 heavy (non-hydrogen) atoms. The van der Waals surface area contributed by atoms with Crippen LogP contribution in [0.25, 0.3) is 0 Å². The van der Waals surface area contributed by atoms with Crippen molar-refractivity contribution < 1.29 is 38.3 Å². The summed E-state index contributed by atoms with van der Waals surface area (Å²) in [7, 11) is 4.26. The fourth-order valence-electron chi connectivity index (χ4n) is 3.39. The van der Waals surface area contributed by atoms with Crippen molar-refractivity contribution in [3.8, 4) is 40.2 Å². The number of methoxy groups -OCH3 is 3. The standard InChI is InChI=1S/C15H13NO6.C13H9Cl2NO4/c1-20-12-5-10(9-17)6-13(8-12)22-14-4-3-11(16(18)19)7-15(14)21-2;1-19-13-7-10(16(17)18)2-3-12(13)20-11-5-8(14)4-9(15)6-11/h3-9H,1-2H3;2-7H,1H3. The minimum atomic E-state index is -0.525. The average Bonchev–Trinajstić information content (AvgIpc) is 2.96. The van der Waals surface area contributed by atoms with Gasteiger partial charge in [0.25, 0.3) is 11.4 Å². The summed E-state index contributed by atoms with van der Waals surface area (Å²) >= 11 is 11.7. The van der Waals surface area contributed by atoms with Gasteiger partial charge in [-0.3, -0.25) is 25.0 Å². The number of rotatable bonds is 10. The van der Waals surface area contributed by atoms with Crippen molar-refractivity contribution in [2.45, 2.75) is 0 Å². The average molecular weight is 617 g/mol. The molecule has 0 fully saturated rings. The Hall–Kier alpha value is -5.07. The second kappa shape index (κ2) is 14.5. The Morgan fingerprint density at radius 2 is 1.05 bits per heavy atom. The van der Waals surface area contributed by atoms with Gasteiger partial charge >= 0.3 is 0 Å². The molecule has 0 amide bonds.